The molecule has 0 aliphatic rings. The van der Waals surface area contributed by atoms with E-state index in [1.165, 1.54) is 45.0 Å². The van der Waals surface area contributed by atoms with E-state index in [-0.39, 0.29) is 27.1 Å². The van der Waals surface area contributed by atoms with Crippen LogP contribution >= 0.6 is 0 Å². The average molecular weight is 1300 g/mol. The van der Waals surface area contributed by atoms with E-state index in [2.05, 4.69) is 0 Å². The highest BCUT2D eigenvalue weighted by Gasteiger charge is 2.33. The Labute approximate surface area is 478 Å². The fraction of sp³-hybridized carbons (Fsp3) is 0.125. The van der Waals surface area contributed by atoms with Crippen molar-refractivity contribution in [2.45, 2.75) is 70.9 Å². The minimum atomic E-state index is -5.33. The van der Waals surface area contributed by atoms with Crippen molar-refractivity contribution in [2.75, 3.05) is 0 Å². The van der Waals surface area contributed by atoms with Gasteiger partial charge in [-0.2, -0.15) is 50.5 Å². The molecule has 0 aliphatic heterocycles. The van der Waals surface area contributed by atoms with Crippen LogP contribution in [0.3, 0.4) is 0 Å². The summed E-state index contributed by atoms with van der Waals surface area (Å²) in [5.41, 5.74) is 1.82. The Morgan fingerprint density at radius 1 is 0.274 bits per heavy atom. The van der Waals surface area contributed by atoms with E-state index < -0.39 is 138 Å². The quantitative estimate of drug-likeness (QED) is 0.0659. The molecule has 12 N–H and O–H groups in total. The van der Waals surface area contributed by atoms with Crippen LogP contribution in [0.1, 0.15) is 95.5 Å². The number of benzene rings is 6. The molecule has 0 saturated heterocycles. The predicted molar refractivity (Wildman–Crippen MR) is 288 cm³/mol. The van der Waals surface area contributed by atoms with Crippen LogP contribution in [0.15, 0.2) is 139 Å². The number of aromatic carboxylic acids is 6. The Bertz CT molecular complexity index is 4060. The smallest absolute Gasteiger partial charge is 0.337 e. The number of carboxylic acid groups (broad SMARTS) is 6. The number of hydrogen-bond acceptors (Lipinski definition) is 18. The summed E-state index contributed by atoms with van der Waals surface area (Å²) < 4.78 is 183. The summed E-state index contributed by atoms with van der Waals surface area (Å²) >= 11 is 0. The minimum absolute atomic E-state index is 0.00241. The zero-order valence-electron chi connectivity index (χ0n) is 43.6. The number of aryl methyl sites for hydroxylation is 6. The van der Waals surface area contributed by atoms with Crippen LogP contribution in [0.25, 0.3) is 0 Å². The molecule has 0 heterocycles. The molecular weight excluding hydrogens is 1250 g/mol. The highest BCUT2D eigenvalue weighted by Crippen LogP contribution is 2.30. The van der Waals surface area contributed by atoms with Gasteiger partial charge < -0.3 is 30.6 Å². The first-order valence-corrected chi connectivity index (χ1v) is 30.4. The van der Waals surface area contributed by atoms with Crippen LogP contribution in [0.4, 0.5) is 0 Å². The van der Waals surface area contributed by atoms with E-state index in [1.54, 1.807) is 43.3 Å². The fourth-order valence-corrected chi connectivity index (χ4v) is 11.2. The molecule has 0 fully saturated rings. The largest absolute Gasteiger partial charge is 0.478 e. The van der Waals surface area contributed by atoms with Crippen molar-refractivity contribution >= 4 is 96.5 Å². The molecule has 0 bridgehead atoms. The molecule has 84 heavy (non-hydrogen) atoms. The first-order chi connectivity index (χ1) is 37.9. The van der Waals surface area contributed by atoms with E-state index in [9.17, 15) is 79.3 Å². The molecule has 0 atom stereocenters. The van der Waals surface area contributed by atoms with Crippen molar-refractivity contribution < 1.29 is 137 Å². The Morgan fingerprint density at radius 3 is 0.845 bits per heavy atom. The molecule has 0 aromatic heterocycles. The van der Waals surface area contributed by atoms with Gasteiger partial charge in [-0.3, -0.25) is 27.3 Å². The summed E-state index contributed by atoms with van der Waals surface area (Å²) in [5.74, 6) is -7.63. The average Bonchev–Trinajstić information content (AvgIpc) is 3.22. The summed E-state index contributed by atoms with van der Waals surface area (Å²) in [7, 11) is -28.6. The molecule has 0 saturated carbocycles. The lowest BCUT2D eigenvalue weighted by atomic mass is 9.98. The monoisotopic (exact) mass is 1300 g/mol. The van der Waals surface area contributed by atoms with E-state index >= 15 is 0 Å². The summed E-state index contributed by atoms with van der Waals surface area (Å²) in [6.07, 6.45) is 0. The van der Waals surface area contributed by atoms with Crippen LogP contribution in [0.5, 0.6) is 0 Å². The van der Waals surface area contributed by atoms with Gasteiger partial charge in [0.2, 0.25) is 0 Å². The Hall–Kier alpha value is -8.40. The van der Waals surface area contributed by atoms with Gasteiger partial charge in [0.05, 0.1) is 48.1 Å². The maximum absolute atomic E-state index is 11.1. The van der Waals surface area contributed by atoms with Gasteiger partial charge in [0.25, 0.3) is 60.7 Å². The lowest BCUT2D eigenvalue weighted by Crippen LogP contribution is -2.15. The first kappa shape index (κ1) is 73.6. The zero-order valence-corrected chi connectivity index (χ0v) is 48.5. The Kier molecular flexibility index (Phi) is 25.6. The van der Waals surface area contributed by atoms with E-state index in [0.29, 0.717) is 34.9 Å². The third-order valence-corrected chi connectivity index (χ3v) is 15.2. The van der Waals surface area contributed by atoms with Gasteiger partial charge in [-0.1, -0.05) is 35.4 Å². The molecule has 0 unspecified atom stereocenters. The fourth-order valence-electron chi connectivity index (χ4n) is 6.15. The molecule has 36 heteroatoms. The SMILES string of the molecule is Cc1cc(C(=O)O)c(C(=O)O)c(C(=O)O)c1.Cc1cc(C(=O)O)cc(C(=O)O)c1.Cc1cc(S(=O)(=O)O)c(S(=O)(=O)O)c(S(=O)(=O)O)c1.Cc1cc(S(=O)(=O)O)cc(S(=O)(=O)O)c1.Cc1ccc(C(=O)O)cc1.Cc1ccc(S(=O)(=O)O)cc1. The van der Waals surface area contributed by atoms with Gasteiger partial charge in [0.15, 0.2) is 0 Å². The number of rotatable bonds is 12. The second-order valence-electron chi connectivity index (χ2n) is 16.8. The number of carbonyl (C=O) groups is 6. The van der Waals surface area contributed by atoms with Crippen molar-refractivity contribution in [3.63, 3.8) is 0 Å². The highest BCUT2D eigenvalue weighted by atomic mass is 32.2. The van der Waals surface area contributed by atoms with E-state index in [1.807, 2.05) is 13.8 Å². The van der Waals surface area contributed by atoms with Crippen LogP contribution in [-0.4, -0.2) is 144 Å². The second kappa shape index (κ2) is 29.2. The molecule has 0 aliphatic carbocycles. The summed E-state index contributed by atoms with van der Waals surface area (Å²) in [5, 5.41) is 52.1. The van der Waals surface area contributed by atoms with Crippen LogP contribution in [0, 0.1) is 41.5 Å². The summed E-state index contributed by atoms with van der Waals surface area (Å²) in [6.45, 7) is 9.53. The van der Waals surface area contributed by atoms with Gasteiger partial charge in [-0.05, 0) is 149 Å². The van der Waals surface area contributed by atoms with Crippen LogP contribution in [-0.2, 0) is 60.7 Å². The second-order valence-corrected chi connectivity index (χ2v) is 25.2. The van der Waals surface area contributed by atoms with Gasteiger partial charge >= 0.3 is 35.8 Å². The van der Waals surface area contributed by atoms with Gasteiger partial charge in [-0.15, -0.1) is 0 Å². The maximum atomic E-state index is 11.1. The standard InChI is InChI=1S/C10H8O6.C9H8O4.C8H8O2.C7H8O9S3.C7H8O6S2.C7H8O3S/c1-4-2-5(8(11)12)7(10(15)16)6(3-4)9(13)14;1-5-2-6(8(10)11)4-7(3-5)9(12)13;1-6-2-4-7(5-3-6)8(9)10;1-4-2-5(17(8,9)10)7(19(14,15)16)6(3-4)18(11,12)13;1-5-2-6(14(8,9)10)4-7(3-5)15(11,12)13;1-6-2-4-7(5-3-6)11(8,9)10/h2-3H,1H3,(H,11,12)(H,13,14)(H,15,16);2-4H,1H3,(H,10,11)(H,12,13);2-5H,1H3,(H,9,10);2-3H,1H3,(H,8,9,10)(H,11,12,13)(H,14,15,16);2-4H,1H3,(H,8,9,10)(H,11,12,13);2-5H,1H3,(H,8,9,10). The summed E-state index contributed by atoms with van der Waals surface area (Å²) in [4.78, 5) is 58.3. The molecule has 6 aromatic carbocycles. The van der Waals surface area contributed by atoms with Crippen molar-refractivity contribution in [1.82, 2.24) is 0 Å². The van der Waals surface area contributed by atoms with Gasteiger partial charge in [-0.25, -0.2) is 28.8 Å². The first-order valence-electron chi connectivity index (χ1n) is 21.8. The molecule has 6 rings (SSSR count). The van der Waals surface area contributed by atoms with E-state index in [4.69, 9.17) is 58.0 Å². The molecule has 30 nitrogen and oxygen atoms in total. The lowest BCUT2D eigenvalue weighted by molar-refractivity contribution is 0.0632. The highest BCUT2D eigenvalue weighted by molar-refractivity contribution is 7.90. The van der Waals surface area contributed by atoms with Crippen LogP contribution < -0.4 is 0 Å². The van der Waals surface area contributed by atoms with Crippen molar-refractivity contribution in [3.05, 3.63) is 176 Å². The predicted octanol–water partition coefficient (Wildman–Crippen LogP) is 5.64. The number of hydrogen-bond donors (Lipinski definition) is 12. The van der Waals surface area contributed by atoms with Gasteiger partial charge in [0, 0.05) is 0 Å². The van der Waals surface area contributed by atoms with Crippen LogP contribution in [0.2, 0.25) is 0 Å². The maximum Gasteiger partial charge on any atom is 0.337 e. The molecule has 0 spiro atoms. The topological polar surface area (TPSA) is 550 Å². The molecule has 456 valence electrons. The van der Waals surface area contributed by atoms with Crippen molar-refractivity contribution in [1.29, 1.82) is 0 Å². The molecule has 0 amide bonds. The third-order valence-electron chi connectivity index (χ3n) is 9.74. The Morgan fingerprint density at radius 2 is 0.571 bits per heavy atom. The Balaban J connectivity index is 0.000000510. The molecular formula is C48H48O30S6. The lowest BCUT2D eigenvalue weighted by Gasteiger charge is -2.10. The number of carboxylic acids is 6. The van der Waals surface area contributed by atoms with Crippen molar-refractivity contribution in [2.24, 2.45) is 0 Å². The van der Waals surface area contributed by atoms with Crippen molar-refractivity contribution in [3.8, 4) is 0 Å². The minimum Gasteiger partial charge on any atom is -0.478 e. The summed E-state index contributed by atoms with van der Waals surface area (Å²) in [6, 6.07) is 23.1. The molecule has 6 aromatic rings. The normalized spacial score (nSPS) is 11.3. The molecule has 0 radical (unpaired) electrons. The zero-order chi connectivity index (χ0) is 65.6. The van der Waals surface area contributed by atoms with E-state index in [0.717, 1.165) is 41.5 Å². The third kappa shape index (κ3) is 23.8. The van der Waals surface area contributed by atoms with Gasteiger partial charge in [0.1, 0.15) is 14.7 Å².